The van der Waals surface area contributed by atoms with E-state index in [0.29, 0.717) is 23.8 Å². The molecule has 0 saturated heterocycles. The summed E-state index contributed by atoms with van der Waals surface area (Å²) < 4.78 is 4.78. The summed E-state index contributed by atoms with van der Waals surface area (Å²) in [5.41, 5.74) is 0. The second-order valence-corrected chi connectivity index (χ2v) is 3.70. The van der Waals surface area contributed by atoms with E-state index in [1.54, 1.807) is 0 Å². The number of esters is 1. The number of halogens is 1. The summed E-state index contributed by atoms with van der Waals surface area (Å²) in [4.78, 5) is 11.4. The molecular formula is C7H11BrO2. The van der Waals surface area contributed by atoms with Crippen LogP contribution in [0.1, 0.15) is 19.8 Å². The van der Waals surface area contributed by atoms with Crippen LogP contribution in [-0.4, -0.2) is 17.4 Å². The molecule has 0 aromatic heterocycles. The first-order chi connectivity index (χ1) is 4.74. The Kier molecular flexibility index (Phi) is 2.72. The van der Waals surface area contributed by atoms with Gasteiger partial charge in [-0.3, -0.25) is 4.79 Å². The third kappa shape index (κ3) is 2.29. The van der Waals surface area contributed by atoms with E-state index in [1.807, 2.05) is 6.92 Å². The molecule has 2 atom stereocenters. The predicted octanol–water partition coefficient (Wildman–Crippen LogP) is 1.72. The smallest absolute Gasteiger partial charge is 0.306 e. The SMILES string of the molecule is CCOC(=O)CC1CC1Br. The number of hydrogen-bond acceptors (Lipinski definition) is 2. The van der Waals surface area contributed by atoms with Crippen molar-refractivity contribution < 1.29 is 9.53 Å². The van der Waals surface area contributed by atoms with Crippen molar-refractivity contribution >= 4 is 21.9 Å². The van der Waals surface area contributed by atoms with Crippen molar-refractivity contribution in [3.05, 3.63) is 0 Å². The van der Waals surface area contributed by atoms with E-state index in [9.17, 15) is 4.79 Å². The first kappa shape index (κ1) is 8.05. The molecule has 0 aromatic carbocycles. The molecule has 0 amide bonds. The maximum Gasteiger partial charge on any atom is 0.306 e. The van der Waals surface area contributed by atoms with Crippen LogP contribution in [0, 0.1) is 5.92 Å². The lowest BCUT2D eigenvalue weighted by Gasteiger charge is -1.98. The van der Waals surface area contributed by atoms with Crippen LogP contribution in [0.15, 0.2) is 0 Å². The molecule has 0 aliphatic heterocycles. The van der Waals surface area contributed by atoms with Crippen molar-refractivity contribution in [3.63, 3.8) is 0 Å². The van der Waals surface area contributed by atoms with Gasteiger partial charge in [0.25, 0.3) is 0 Å². The Labute approximate surface area is 69.1 Å². The van der Waals surface area contributed by atoms with Crippen LogP contribution in [-0.2, 0) is 9.53 Å². The van der Waals surface area contributed by atoms with Crippen LogP contribution in [0.25, 0.3) is 0 Å². The van der Waals surface area contributed by atoms with Crippen LogP contribution in [0.4, 0.5) is 0 Å². The first-order valence-electron chi connectivity index (χ1n) is 3.53. The minimum absolute atomic E-state index is 0.0607. The number of ether oxygens (including phenoxy) is 1. The summed E-state index contributed by atoms with van der Waals surface area (Å²) in [6.07, 6.45) is 1.71. The third-order valence-corrected chi connectivity index (χ3v) is 2.69. The molecule has 1 aliphatic rings. The second kappa shape index (κ2) is 3.37. The Morgan fingerprint density at radius 2 is 2.40 bits per heavy atom. The molecule has 1 saturated carbocycles. The van der Waals surface area contributed by atoms with Crippen LogP contribution >= 0.6 is 15.9 Å². The van der Waals surface area contributed by atoms with E-state index in [2.05, 4.69) is 15.9 Å². The van der Waals surface area contributed by atoms with Gasteiger partial charge < -0.3 is 4.74 Å². The van der Waals surface area contributed by atoms with E-state index in [-0.39, 0.29) is 5.97 Å². The summed E-state index contributed by atoms with van der Waals surface area (Å²) >= 11 is 3.42. The molecule has 10 heavy (non-hydrogen) atoms. The van der Waals surface area contributed by atoms with Crippen LogP contribution in [0.2, 0.25) is 0 Å². The average molecular weight is 207 g/mol. The summed E-state index contributed by atoms with van der Waals surface area (Å²) in [6, 6.07) is 0. The molecule has 2 nitrogen and oxygen atoms in total. The molecule has 1 rings (SSSR count). The Bertz CT molecular complexity index is 136. The monoisotopic (exact) mass is 206 g/mol. The maximum absolute atomic E-state index is 10.8. The lowest BCUT2D eigenvalue weighted by Crippen LogP contribution is -2.04. The van der Waals surface area contributed by atoms with Gasteiger partial charge in [0.05, 0.1) is 6.61 Å². The Balaban J connectivity index is 2.07. The van der Waals surface area contributed by atoms with Gasteiger partial charge in [-0.05, 0) is 19.3 Å². The number of rotatable bonds is 3. The van der Waals surface area contributed by atoms with Gasteiger partial charge in [0.2, 0.25) is 0 Å². The van der Waals surface area contributed by atoms with Crippen LogP contribution in [0.5, 0.6) is 0 Å². The average Bonchev–Trinajstić information content (AvgIpc) is 2.47. The summed E-state index contributed by atoms with van der Waals surface area (Å²) in [5.74, 6) is 0.480. The molecule has 0 heterocycles. The number of carbonyl (C=O) groups excluding carboxylic acids is 1. The van der Waals surface area contributed by atoms with Crippen molar-refractivity contribution in [2.45, 2.75) is 24.6 Å². The fourth-order valence-corrected chi connectivity index (χ4v) is 1.52. The van der Waals surface area contributed by atoms with E-state index in [1.165, 1.54) is 0 Å². The zero-order chi connectivity index (χ0) is 7.56. The van der Waals surface area contributed by atoms with E-state index in [0.717, 1.165) is 6.42 Å². The molecule has 0 aromatic rings. The first-order valence-corrected chi connectivity index (χ1v) is 4.45. The second-order valence-electron chi connectivity index (χ2n) is 2.52. The Morgan fingerprint density at radius 1 is 1.80 bits per heavy atom. The molecule has 2 unspecified atom stereocenters. The van der Waals surface area contributed by atoms with Crippen molar-refractivity contribution in [1.29, 1.82) is 0 Å². The quantitative estimate of drug-likeness (QED) is 0.520. The lowest BCUT2D eigenvalue weighted by atomic mass is 10.3. The number of hydrogen-bond donors (Lipinski definition) is 0. The number of carbonyl (C=O) groups is 1. The van der Waals surface area contributed by atoms with Gasteiger partial charge in [0.1, 0.15) is 0 Å². The molecule has 0 bridgehead atoms. The lowest BCUT2D eigenvalue weighted by molar-refractivity contribution is -0.143. The van der Waals surface area contributed by atoms with Crippen LogP contribution in [0.3, 0.4) is 0 Å². The molecule has 1 aliphatic carbocycles. The van der Waals surface area contributed by atoms with Gasteiger partial charge >= 0.3 is 5.97 Å². The molecule has 0 spiro atoms. The minimum atomic E-state index is -0.0607. The fourth-order valence-electron chi connectivity index (χ4n) is 0.856. The molecular weight excluding hydrogens is 196 g/mol. The van der Waals surface area contributed by atoms with Gasteiger partial charge in [-0.1, -0.05) is 15.9 Å². The molecule has 1 fully saturated rings. The van der Waals surface area contributed by atoms with E-state index >= 15 is 0 Å². The zero-order valence-corrected chi connectivity index (χ0v) is 7.56. The number of alkyl halides is 1. The summed E-state index contributed by atoms with van der Waals surface area (Å²) in [6.45, 7) is 2.33. The predicted molar refractivity (Wildman–Crippen MR) is 42.1 cm³/mol. The minimum Gasteiger partial charge on any atom is -0.466 e. The van der Waals surface area contributed by atoms with E-state index < -0.39 is 0 Å². The molecule has 58 valence electrons. The molecule has 0 N–H and O–H groups in total. The fraction of sp³-hybridized carbons (Fsp3) is 0.857. The van der Waals surface area contributed by atoms with Gasteiger partial charge in [-0.2, -0.15) is 0 Å². The maximum atomic E-state index is 10.8. The van der Waals surface area contributed by atoms with Crippen molar-refractivity contribution in [2.75, 3.05) is 6.61 Å². The highest BCUT2D eigenvalue weighted by Gasteiger charge is 2.36. The summed E-state index contributed by atoms with van der Waals surface area (Å²) in [7, 11) is 0. The normalized spacial score (nSPS) is 29.8. The van der Waals surface area contributed by atoms with E-state index in [4.69, 9.17) is 4.74 Å². The highest BCUT2D eigenvalue weighted by molar-refractivity contribution is 9.09. The van der Waals surface area contributed by atoms with Crippen molar-refractivity contribution in [2.24, 2.45) is 5.92 Å². The van der Waals surface area contributed by atoms with Gasteiger partial charge in [-0.25, -0.2) is 0 Å². The Morgan fingerprint density at radius 3 is 2.80 bits per heavy atom. The van der Waals surface area contributed by atoms with Crippen molar-refractivity contribution in [3.8, 4) is 0 Å². The largest absolute Gasteiger partial charge is 0.466 e. The highest BCUT2D eigenvalue weighted by Crippen LogP contribution is 2.40. The topological polar surface area (TPSA) is 26.3 Å². The summed E-state index contributed by atoms with van der Waals surface area (Å²) in [5, 5.41) is 0. The molecule has 3 heteroatoms. The van der Waals surface area contributed by atoms with Crippen molar-refractivity contribution in [1.82, 2.24) is 0 Å². The van der Waals surface area contributed by atoms with Crippen LogP contribution < -0.4 is 0 Å². The van der Waals surface area contributed by atoms with Gasteiger partial charge in [0.15, 0.2) is 0 Å². The van der Waals surface area contributed by atoms with Gasteiger partial charge in [-0.15, -0.1) is 0 Å². The molecule has 0 radical (unpaired) electrons. The highest BCUT2D eigenvalue weighted by atomic mass is 79.9. The standard InChI is InChI=1S/C7H11BrO2/c1-2-10-7(9)4-5-3-6(5)8/h5-6H,2-4H2,1H3. The Hall–Kier alpha value is -0.0500. The third-order valence-electron chi connectivity index (χ3n) is 1.57. The zero-order valence-electron chi connectivity index (χ0n) is 5.97. The van der Waals surface area contributed by atoms with Gasteiger partial charge in [0, 0.05) is 11.2 Å².